The van der Waals surface area contributed by atoms with Crippen LogP contribution >= 0.6 is 22.1 Å². The highest BCUT2D eigenvalue weighted by molar-refractivity contribution is 7.80. The molecule has 3 nitrogen and oxygen atoms in total. The topological polar surface area (TPSA) is 38.3 Å². The fourth-order valence-electron chi connectivity index (χ4n) is 0.893. The van der Waals surface area contributed by atoms with E-state index < -0.39 is 0 Å². The first-order valence-electron chi connectivity index (χ1n) is 5.34. The van der Waals surface area contributed by atoms with Gasteiger partial charge in [0.25, 0.3) is 0 Å². The van der Waals surface area contributed by atoms with Gasteiger partial charge in [-0.25, -0.2) is 0 Å². The number of nitrogens with one attached hydrogen (secondary N) is 1. The normalized spacial score (nSPS) is 9.27. The van der Waals surface area contributed by atoms with Crippen LogP contribution in [0.25, 0.3) is 0 Å². The molecule has 0 amide bonds. The molecular weight excluding hydrogens is 229 g/mol. The molecule has 0 fully saturated rings. The molecule has 0 aromatic heterocycles. The Hall–Kier alpha value is 0.370. The molecule has 15 heavy (non-hydrogen) atoms. The largest absolute Gasteiger partial charge is 0.366 e. The van der Waals surface area contributed by atoms with Crippen LogP contribution < -0.4 is 5.32 Å². The molecule has 0 aromatic rings. The molecular formula is C10H24NO2PS. The minimum absolute atomic E-state index is 0.573. The Morgan fingerprint density at radius 3 is 2.40 bits per heavy atom. The number of unbranched alkanes of at least 4 members (excludes halogenated alkanes) is 3. The van der Waals surface area contributed by atoms with E-state index in [4.69, 9.17) is 4.52 Å². The van der Waals surface area contributed by atoms with Gasteiger partial charge in [-0.15, -0.1) is 0 Å². The van der Waals surface area contributed by atoms with Gasteiger partial charge in [0.15, 0.2) is 0 Å². The molecule has 0 radical (unpaired) electrons. The van der Waals surface area contributed by atoms with Crippen molar-refractivity contribution in [2.45, 2.75) is 32.1 Å². The van der Waals surface area contributed by atoms with Crippen LogP contribution in [0, 0.1) is 0 Å². The van der Waals surface area contributed by atoms with E-state index in [1.807, 2.05) is 7.05 Å². The first-order chi connectivity index (χ1) is 7.33. The van der Waals surface area contributed by atoms with E-state index in [0.717, 1.165) is 19.4 Å². The van der Waals surface area contributed by atoms with Crippen molar-refractivity contribution in [1.82, 2.24) is 5.32 Å². The summed E-state index contributed by atoms with van der Waals surface area (Å²) in [6, 6.07) is 0. The maximum Gasteiger partial charge on any atom is 0.120 e. The predicted octanol–water partition coefficient (Wildman–Crippen LogP) is 2.08. The van der Waals surface area contributed by atoms with E-state index in [1.165, 1.54) is 25.7 Å². The average Bonchev–Trinajstić information content (AvgIpc) is 2.25. The molecule has 5 heteroatoms. The molecule has 92 valence electrons. The molecule has 0 bridgehead atoms. The predicted molar refractivity (Wildman–Crippen MR) is 72.6 cm³/mol. The Morgan fingerprint density at radius 2 is 2.00 bits per heavy atom. The Kier molecular flexibility index (Phi) is 23.5. The zero-order chi connectivity index (χ0) is 11.8. The van der Waals surface area contributed by atoms with Gasteiger partial charge in [0, 0.05) is 15.9 Å². The SMILES string of the molecule is CNCCCCCCOP.O=CCCS. The second-order valence-corrected chi connectivity index (χ2v) is 3.85. The van der Waals surface area contributed by atoms with Gasteiger partial charge in [-0.2, -0.15) is 12.6 Å². The third kappa shape index (κ3) is 25.0. The number of thiol groups is 1. The van der Waals surface area contributed by atoms with Gasteiger partial charge < -0.3 is 14.6 Å². The summed E-state index contributed by atoms with van der Waals surface area (Å²) < 4.78 is 4.85. The zero-order valence-electron chi connectivity index (χ0n) is 9.58. The summed E-state index contributed by atoms with van der Waals surface area (Å²) in [6.07, 6.45) is 6.50. The average molecular weight is 253 g/mol. The number of rotatable bonds is 9. The molecule has 0 saturated heterocycles. The van der Waals surface area contributed by atoms with Crippen LogP contribution in [0.3, 0.4) is 0 Å². The lowest BCUT2D eigenvalue weighted by Gasteiger charge is -1.99. The molecule has 1 unspecified atom stereocenters. The van der Waals surface area contributed by atoms with E-state index in [0.29, 0.717) is 12.2 Å². The third-order valence-electron chi connectivity index (χ3n) is 1.69. The van der Waals surface area contributed by atoms with E-state index in [1.54, 1.807) is 0 Å². The molecule has 1 N–H and O–H groups in total. The van der Waals surface area contributed by atoms with Crippen LogP contribution in [0.5, 0.6) is 0 Å². The van der Waals surface area contributed by atoms with Crippen molar-refractivity contribution >= 4 is 28.4 Å². The van der Waals surface area contributed by atoms with Gasteiger partial charge in [0.1, 0.15) is 6.29 Å². The molecule has 0 spiro atoms. The third-order valence-corrected chi connectivity index (χ3v) is 2.18. The summed E-state index contributed by atoms with van der Waals surface area (Å²) in [7, 11) is 4.27. The van der Waals surface area contributed by atoms with Crippen molar-refractivity contribution in [3.63, 3.8) is 0 Å². The molecule has 0 saturated carbocycles. The minimum Gasteiger partial charge on any atom is -0.366 e. The number of aldehydes is 1. The molecule has 0 aromatic carbocycles. The van der Waals surface area contributed by atoms with Gasteiger partial charge >= 0.3 is 0 Å². The standard InChI is InChI=1S/C7H18NOP.C3H6OS/c1-8-6-4-2-3-5-7-9-10;4-2-1-3-5/h8H,2-7,10H2,1H3;2,5H,1,3H2. The highest BCUT2D eigenvalue weighted by Gasteiger charge is 1.87. The van der Waals surface area contributed by atoms with Gasteiger partial charge in [-0.1, -0.05) is 12.8 Å². The second-order valence-electron chi connectivity index (χ2n) is 3.07. The monoisotopic (exact) mass is 253 g/mol. The maximum absolute atomic E-state index is 9.36. The Bertz CT molecular complexity index is 110. The van der Waals surface area contributed by atoms with E-state index in [-0.39, 0.29) is 0 Å². The lowest BCUT2D eigenvalue weighted by atomic mass is 10.2. The molecule has 0 rings (SSSR count). The number of carbonyl (C=O) groups is 1. The second kappa shape index (κ2) is 19.9. The van der Waals surface area contributed by atoms with Gasteiger partial charge in [-0.05, 0) is 32.2 Å². The highest BCUT2D eigenvalue weighted by atomic mass is 32.1. The summed E-state index contributed by atoms with van der Waals surface area (Å²) in [4.78, 5) is 9.36. The summed E-state index contributed by atoms with van der Waals surface area (Å²) >= 11 is 3.77. The van der Waals surface area contributed by atoms with Crippen LogP contribution in [-0.4, -0.2) is 32.2 Å². The summed E-state index contributed by atoms with van der Waals surface area (Å²) in [5.74, 6) is 0.670. The first-order valence-corrected chi connectivity index (χ1v) is 6.44. The van der Waals surface area contributed by atoms with E-state index >= 15 is 0 Å². The van der Waals surface area contributed by atoms with Gasteiger partial charge in [0.05, 0.1) is 6.61 Å². The highest BCUT2D eigenvalue weighted by Crippen LogP contribution is 2.00. The van der Waals surface area contributed by atoms with E-state index in [2.05, 4.69) is 27.4 Å². The molecule has 0 aliphatic rings. The molecule has 0 heterocycles. The number of hydrogen-bond acceptors (Lipinski definition) is 4. The molecule has 0 aliphatic heterocycles. The van der Waals surface area contributed by atoms with Gasteiger partial charge in [0.2, 0.25) is 0 Å². The summed E-state index contributed by atoms with van der Waals surface area (Å²) in [5, 5.41) is 3.12. The minimum atomic E-state index is 0.573. The quantitative estimate of drug-likeness (QED) is 0.286. The van der Waals surface area contributed by atoms with E-state index in [9.17, 15) is 4.79 Å². The number of carbonyl (C=O) groups excluding carboxylic acids is 1. The Balaban J connectivity index is 0. The Labute approximate surface area is 101 Å². The zero-order valence-corrected chi connectivity index (χ0v) is 11.6. The van der Waals surface area contributed by atoms with Crippen LogP contribution in [-0.2, 0) is 9.32 Å². The lowest BCUT2D eigenvalue weighted by molar-refractivity contribution is -0.107. The van der Waals surface area contributed by atoms with Crippen molar-refractivity contribution in [3.05, 3.63) is 0 Å². The van der Waals surface area contributed by atoms with Crippen molar-refractivity contribution in [3.8, 4) is 0 Å². The first kappa shape index (κ1) is 17.8. The fraction of sp³-hybridized carbons (Fsp3) is 0.900. The smallest absolute Gasteiger partial charge is 0.120 e. The van der Waals surface area contributed by atoms with Crippen molar-refractivity contribution in [1.29, 1.82) is 0 Å². The maximum atomic E-state index is 9.36. The van der Waals surface area contributed by atoms with Crippen LogP contribution in [0.1, 0.15) is 32.1 Å². The van der Waals surface area contributed by atoms with Gasteiger partial charge in [-0.3, -0.25) is 0 Å². The van der Waals surface area contributed by atoms with Crippen LogP contribution in [0.4, 0.5) is 0 Å². The Morgan fingerprint density at radius 1 is 1.33 bits per heavy atom. The summed E-state index contributed by atoms with van der Waals surface area (Å²) in [6.45, 7) is 2.02. The van der Waals surface area contributed by atoms with Crippen LogP contribution in [0.2, 0.25) is 0 Å². The van der Waals surface area contributed by atoms with Crippen molar-refractivity contribution in [2.75, 3.05) is 26.0 Å². The molecule has 0 aliphatic carbocycles. The molecule has 1 atom stereocenters. The van der Waals surface area contributed by atoms with Crippen molar-refractivity contribution in [2.24, 2.45) is 0 Å². The summed E-state index contributed by atoms with van der Waals surface area (Å²) in [5.41, 5.74) is 0. The fourth-order valence-corrected chi connectivity index (χ4v) is 1.17. The van der Waals surface area contributed by atoms with Crippen molar-refractivity contribution < 1.29 is 9.32 Å². The van der Waals surface area contributed by atoms with Crippen LogP contribution in [0.15, 0.2) is 0 Å². The number of hydrogen-bond donors (Lipinski definition) is 2. The lowest BCUT2D eigenvalue weighted by Crippen LogP contribution is -2.06.